The highest BCUT2D eigenvalue weighted by molar-refractivity contribution is 7.13. The van der Waals surface area contributed by atoms with Crippen molar-refractivity contribution in [3.63, 3.8) is 0 Å². The van der Waals surface area contributed by atoms with Crippen LogP contribution in [0.2, 0.25) is 0 Å². The lowest BCUT2D eigenvalue weighted by molar-refractivity contribution is -0.131. The van der Waals surface area contributed by atoms with E-state index < -0.39 is 0 Å². The molecule has 26 heavy (non-hydrogen) atoms. The second-order valence-electron chi connectivity index (χ2n) is 6.76. The van der Waals surface area contributed by atoms with Crippen LogP contribution < -0.4 is 5.32 Å². The fourth-order valence-electron chi connectivity index (χ4n) is 3.05. The van der Waals surface area contributed by atoms with Crippen molar-refractivity contribution < 1.29 is 14.0 Å². The summed E-state index contributed by atoms with van der Waals surface area (Å²) in [6, 6.07) is 6.34. The molecule has 0 bridgehead atoms. The Morgan fingerprint density at radius 2 is 2.08 bits per heavy atom. The van der Waals surface area contributed by atoms with Gasteiger partial charge in [-0.15, -0.1) is 11.3 Å². The summed E-state index contributed by atoms with van der Waals surface area (Å²) in [5, 5.41) is 5.07. The third-order valence-electron chi connectivity index (χ3n) is 4.47. The maximum Gasteiger partial charge on any atom is 0.229 e. The monoisotopic (exact) mass is 375 g/mol. The smallest absolute Gasteiger partial charge is 0.229 e. The molecule has 1 fully saturated rings. The summed E-state index contributed by atoms with van der Waals surface area (Å²) >= 11 is 1.32. The molecule has 1 aliphatic heterocycles. The maximum absolute atomic E-state index is 13.1. The number of nitrogens with one attached hydrogen (secondary N) is 1. The van der Waals surface area contributed by atoms with Crippen LogP contribution in [0.1, 0.15) is 44.0 Å². The largest absolute Gasteiger partial charge is 0.335 e. The van der Waals surface area contributed by atoms with Gasteiger partial charge in [0.15, 0.2) is 5.13 Å². The molecule has 138 valence electrons. The van der Waals surface area contributed by atoms with Gasteiger partial charge in [-0.05, 0) is 30.5 Å². The van der Waals surface area contributed by atoms with Crippen LogP contribution in [0.25, 0.3) is 0 Å². The van der Waals surface area contributed by atoms with Crippen LogP contribution in [0.4, 0.5) is 9.52 Å². The van der Waals surface area contributed by atoms with Gasteiger partial charge in [0.25, 0.3) is 0 Å². The molecule has 2 amide bonds. The number of carbonyl (C=O) groups is 2. The van der Waals surface area contributed by atoms with Crippen molar-refractivity contribution in [3.05, 3.63) is 46.7 Å². The summed E-state index contributed by atoms with van der Waals surface area (Å²) in [7, 11) is 0. The highest BCUT2D eigenvalue weighted by Gasteiger charge is 2.30. The number of rotatable bonds is 5. The Balaban J connectivity index is 1.65. The van der Waals surface area contributed by atoms with E-state index in [4.69, 9.17) is 0 Å². The van der Waals surface area contributed by atoms with E-state index in [1.165, 1.54) is 23.5 Å². The third kappa shape index (κ3) is 4.27. The number of likely N-dealkylation sites (tertiary alicyclic amines) is 1. The van der Waals surface area contributed by atoms with Crippen LogP contribution in [0.5, 0.6) is 0 Å². The Morgan fingerprint density at radius 3 is 2.77 bits per heavy atom. The van der Waals surface area contributed by atoms with Crippen LogP contribution in [-0.4, -0.2) is 28.2 Å². The number of carbonyl (C=O) groups excluding carboxylic acids is 2. The van der Waals surface area contributed by atoms with E-state index in [-0.39, 0.29) is 36.0 Å². The van der Waals surface area contributed by atoms with Crippen LogP contribution in [-0.2, 0) is 16.0 Å². The second kappa shape index (κ2) is 7.95. The van der Waals surface area contributed by atoms with Crippen LogP contribution in [0.15, 0.2) is 29.6 Å². The topological polar surface area (TPSA) is 62.3 Å². The maximum atomic E-state index is 13.1. The summed E-state index contributed by atoms with van der Waals surface area (Å²) in [6.45, 7) is 4.33. The molecule has 3 rings (SSSR count). The Labute approximate surface area is 156 Å². The normalized spacial score (nSPS) is 16.9. The van der Waals surface area contributed by atoms with Crippen molar-refractivity contribution in [2.24, 2.45) is 5.92 Å². The van der Waals surface area contributed by atoms with E-state index in [9.17, 15) is 14.0 Å². The second-order valence-corrected chi connectivity index (χ2v) is 7.62. The Kier molecular flexibility index (Phi) is 5.66. The van der Waals surface area contributed by atoms with E-state index in [1.54, 1.807) is 17.5 Å². The molecule has 2 heterocycles. The van der Waals surface area contributed by atoms with Gasteiger partial charge < -0.3 is 10.2 Å². The first-order valence-corrected chi connectivity index (χ1v) is 9.62. The van der Waals surface area contributed by atoms with Gasteiger partial charge in [0, 0.05) is 17.8 Å². The van der Waals surface area contributed by atoms with Crippen molar-refractivity contribution in [2.45, 2.75) is 39.2 Å². The summed E-state index contributed by atoms with van der Waals surface area (Å²) in [5.74, 6) is -0.481. The van der Waals surface area contributed by atoms with Gasteiger partial charge in [-0.3, -0.25) is 9.59 Å². The van der Waals surface area contributed by atoms with Gasteiger partial charge >= 0.3 is 0 Å². The number of thiazole rings is 1. The van der Waals surface area contributed by atoms with Crippen molar-refractivity contribution in [1.29, 1.82) is 0 Å². The number of aromatic nitrogens is 1. The average Bonchev–Trinajstić information content (AvgIpc) is 3.25. The summed E-state index contributed by atoms with van der Waals surface area (Å²) < 4.78 is 13.1. The molecule has 0 radical (unpaired) electrons. The van der Waals surface area contributed by atoms with Gasteiger partial charge in [-0.2, -0.15) is 0 Å². The molecule has 1 aromatic heterocycles. The minimum Gasteiger partial charge on any atom is -0.335 e. The molecule has 0 saturated carbocycles. The van der Waals surface area contributed by atoms with Gasteiger partial charge in [-0.1, -0.05) is 26.0 Å². The summed E-state index contributed by atoms with van der Waals surface area (Å²) in [4.78, 5) is 30.7. The number of hydrogen-bond donors (Lipinski definition) is 1. The number of amides is 2. The van der Waals surface area contributed by atoms with E-state index in [0.717, 1.165) is 18.4 Å². The lowest BCUT2D eigenvalue weighted by Gasteiger charge is -2.25. The molecule has 0 aliphatic carbocycles. The van der Waals surface area contributed by atoms with E-state index in [1.807, 2.05) is 18.7 Å². The SMILES string of the molecule is CC(C)C(=O)Nc1nc(CC(=O)N2CCC[C@H]2c2ccc(F)cc2)cs1. The molecule has 1 saturated heterocycles. The number of halogens is 1. The van der Waals surface area contributed by atoms with Crippen LogP contribution in [0.3, 0.4) is 0 Å². The molecule has 1 N–H and O–H groups in total. The van der Waals surface area contributed by atoms with Crippen molar-refractivity contribution in [2.75, 3.05) is 11.9 Å². The lowest BCUT2D eigenvalue weighted by atomic mass is 10.0. The van der Waals surface area contributed by atoms with Crippen molar-refractivity contribution >= 4 is 28.3 Å². The van der Waals surface area contributed by atoms with Gasteiger partial charge in [0.05, 0.1) is 18.2 Å². The lowest BCUT2D eigenvalue weighted by Crippen LogP contribution is -2.31. The van der Waals surface area contributed by atoms with Gasteiger partial charge in [-0.25, -0.2) is 9.37 Å². The molecule has 1 aliphatic rings. The zero-order valence-electron chi connectivity index (χ0n) is 14.9. The zero-order chi connectivity index (χ0) is 18.7. The summed E-state index contributed by atoms with van der Waals surface area (Å²) in [5.41, 5.74) is 1.62. The first-order chi connectivity index (χ1) is 12.4. The van der Waals surface area contributed by atoms with E-state index >= 15 is 0 Å². The quantitative estimate of drug-likeness (QED) is 0.865. The molecule has 0 spiro atoms. The molecular formula is C19H22FN3O2S. The average molecular weight is 375 g/mol. The minimum absolute atomic E-state index is 0.00358. The Bertz CT molecular complexity index is 788. The Hall–Kier alpha value is -2.28. The number of benzene rings is 1. The standard InChI is InChI=1S/C19H22FN3O2S/c1-12(2)18(25)22-19-21-15(11-26-19)10-17(24)23-9-3-4-16(23)13-5-7-14(20)8-6-13/h5-8,11-12,16H,3-4,9-10H2,1-2H3,(H,21,22,25)/t16-/m0/s1. The van der Waals surface area contributed by atoms with Crippen LogP contribution >= 0.6 is 11.3 Å². The fourth-order valence-corrected chi connectivity index (χ4v) is 3.76. The zero-order valence-corrected chi connectivity index (χ0v) is 15.7. The predicted molar refractivity (Wildman–Crippen MR) is 99.4 cm³/mol. The van der Waals surface area contributed by atoms with Gasteiger partial charge in [0.2, 0.25) is 11.8 Å². The molecule has 1 atom stereocenters. The number of anilines is 1. The molecular weight excluding hydrogens is 353 g/mol. The third-order valence-corrected chi connectivity index (χ3v) is 5.27. The van der Waals surface area contributed by atoms with Crippen LogP contribution in [0, 0.1) is 11.7 Å². The first-order valence-electron chi connectivity index (χ1n) is 8.74. The van der Waals surface area contributed by atoms with Gasteiger partial charge in [0.1, 0.15) is 5.82 Å². The molecule has 2 aromatic rings. The molecule has 7 heteroatoms. The van der Waals surface area contributed by atoms with Crippen molar-refractivity contribution in [3.8, 4) is 0 Å². The molecule has 5 nitrogen and oxygen atoms in total. The highest BCUT2D eigenvalue weighted by atomic mass is 32.1. The highest BCUT2D eigenvalue weighted by Crippen LogP contribution is 2.32. The fraction of sp³-hybridized carbons (Fsp3) is 0.421. The first kappa shape index (κ1) is 18.5. The van der Waals surface area contributed by atoms with Crippen molar-refractivity contribution in [1.82, 2.24) is 9.88 Å². The number of hydrogen-bond acceptors (Lipinski definition) is 4. The van der Waals surface area contributed by atoms with E-state index in [2.05, 4.69) is 10.3 Å². The minimum atomic E-state index is -0.275. The predicted octanol–water partition coefficient (Wildman–Crippen LogP) is 3.78. The van der Waals surface area contributed by atoms with E-state index in [0.29, 0.717) is 17.4 Å². The Morgan fingerprint density at radius 1 is 1.35 bits per heavy atom. The molecule has 0 unspecified atom stereocenters. The summed E-state index contributed by atoms with van der Waals surface area (Å²) in [6.07, 6.45) is 2.01. The number of nitrogens with zero attached hydrogens (tertiary/aromatic N) is 2. The molecule has 1 aromatic carbocycles.